The molecule has 1 aromatic rings. The number of urea groups is 1. The summed E-state index contributed by atoms with van der Waals surface area (Å²) in [5, 5.41) is 14.0. The molecule has 5 nitrogen and oxygen atoms in total. The highest BCUT2D eigenvalue weighted by Crippen LogP contribution is 2.24. The first-order chi connectivity index (χ1) is 10.5. The SMILES string of the molecule is Cc1nc(C)c(CCNC(=O)N(C)C[C@@H]2CCCC[C@H]2O)s1. The van der Waals surface area contributed by atoms with Gasteiger partial charge in [0.2, 0.25) is 0 Å². The van der Waals surface area contributed by atoms with Crippen molar-refractivity contribution in [2.45, 2.75) is 52.1 Å². The molecule has 2 amide bonds. The van der Waals surface area contributed by atoms with Crippen molar-refractivity contribution in [2.24, 2.45) is 5.92 Å². The van der Waals surface area contributed by atoms with Crippen molar-refractivity contribution in [1.82, 2.24) is 15.2 Å². The summed E-state index contributed by atoms with van der Waals surface area (Å²) in [6, 6.07) is -0.0586. The van der Waals surface area contributed by atoms with E-state index in [4.69, 9.17) is 0 Å². The second kappa shape index (κ2) is 7.92. The Morgan fingerprint density at radius 2 is 2.14 bits per heavy atom. The standard InChI is InChI=1S/C16H27N3O2S/c1-11-15(22-12(2)18-11)8-9-17-16(21)19(3)10-13-6-4-5-7-14(13)20/h13-14,20H,4-10H2,1-3H3,(H,17,21)/t13-,14+/m0/s1. The van der Waals surface area contributed by atoms with E-state index >= 15 is 0 Å². The maximum Gasteiger partial charge on any atom is 0.317 e. The third-order valence-electron chi connectivity index (χ3n) is 4.35. The van der Waals surface area contributed by atoms with Crippen LogP contribution in [0.5, 0.6) is 0 Å². The van der Waals surface area contributed by atoms with E-state index in [0.717, 1.165) is 42.8 Å². The number of nitrogens with zero attached hydrogens (tertiary/aromatic N) is 2. The van der Waals surface area contributed by atoms with Crippen molar-refractivity contribution in [3.8, 4) is 0 Å². The molecule has 1 fully saturated rings. The summed E-state index contributed by atoms with van der Waals surface area (Å²) in [6.45, 7) is 5.27. The number of aliphatic hydroxyl groups is 1. The van der Waals surface area contributed by atoms with E-state index in [0.29, 0.717) is 13.1 Å². The topological polar surface area (TPSA) is 65.5 Å². The molecule has 6 heteroatoms. The van der Waals surface area contributed by atoms with Crippen molar-refractivity contribution in [3.63, 3.8) is 0 Å². The van der Waals surface area contributed by atoms with Crippen molar-refractivity contribution < 1.29 is 9.90 Å². The average Bonchev–Trinajstić information content (AvgIpc) is 2.79. The van der Waals surface area contributed by atoms with Gasteiger partial charge in [-0.3, -0.25) is 0 Å². The lowest BCUT2D eigenvalue weighted by Gasteiger charge is -2.31. The summed E-state index contributed by atoms with van der Waals surface area (Å²) in [6.07, 6.45) is 4.69. The Morgan fingerprint density at radius 3 is 2.77 bits per heavy atom. The normalized spacial score (nSPS) is 21.6. The van der Waals surface area contributed by atoms with Crippen molar-refractivity contribution in [3.05, 3.63) is 15.6 Å². The van der Waals surface area contributed by atoms with E-state index in [2.05, 4.69) is 10.3 Å². The van der Waals surface area contributed by atoms with E-state index in [1.165, 1.54) is 4.88 Å². The lowest BCUT2D eigenvalue weighted by Crippen LogP contribution is -2.43. The van der Waals surface area contributed by atoms with Gasteiger partial charge in [0.05, 0.1) is 16.8 Å². The molecule has 0 radical (unpaired) electrons. The van der Waals surface area contributed by atoms with Gasteiger partial charge in [-0.2, -0.15) is 0 Å². The Kier molecular flexibility index (Phi) is 6.20. The van der Waals surface area contributed by atoms with Crippen molar-refractivity contribution in [1.29, 1.82) is 0 Å². The molecule has 1 aliphatic carbocycles. The highest BCUT2D eigenvalue weighted by molar-refractivity contribution is 7.11. The van der Waals surface area contributed by atoms with Crippen LogP contribution in [0.15, 0.2) is 0 Å². The Morgan fingerprint density at radius 1 is 1.41 bits per heavy atom. The van der Waals surface area contributed by atoms with Gasteiger partial charge in [-0.15, -0.1) is 11.3 Å². The monoisotopic (exact) mass is 325 g/mol. The van der Waals surface area contributed by atoms with E-state index in [1.807, 2.05) is 13.8 Å². The number of nitrogens with one attached hydrogen (secondary N) is 1. The maximum atomic E-state index is 12.1. The third-order valence-corrected chi connectivity index (χ3v) is 5.48. The molecule has 0 spiro atoms. The molecule has 0 bridgehead atoms. The number of hydrogen-bond donors (Lipinski definition) is 2. The van der Waals surface area contributed by atoms with E-state index in [1.54, 1.807) is 23.3 Å². The fraction of sp³-hybridized carbons (Fsp3) is 0.750. The van der Waals surface area contributed by atoms with Gasteiger partial charge in [-0.1, -0.05) is 12.8 Å². The first-order valence-corrected chi connectivity index (χ1v) is 8.89. The number of rotatable bonds is 5. The van der Waals surface area contributed by atoms with Crippen LogP contribution in [-0.4, -0.2) is 47.3 Å². The van der Waals surface area contributed by atoms with Crippen LogP contribution in [0, 0.1) is 19.8 Å². The van der Waals surface area contributed by atoms with Crippen LogP contribution < -0.4 is 5.32 Å². The molecule has 1 aliphatic rings. The third kappa shape index (κ3) is 4.68. The molecular weight excluding hydrogens is 298 g/mol. The number of thiazole rings is 1. The fourth-order valence-electron chi connectivity index (χ4n) is 3.06. The summed E-state index contributed by atoms with van der Waals surface area (Å²) < 4.78 is 0. The molecule has 2 N–H and O–H groups in total. The predicted octanol–water partition coefficient (Wildman–Crippen LogP) is 2.49. The van der Waals surface area contributed by atoms with E-state index < -0.39 is 0 Å². The van der Waals surface area contributed by atoms with Gasteiger partial charge in [0.15, 0.2) is 0 Å². The Balaban J connectivity index is 1.73. The highest BCUT2D eigenvalue weighted by Gasteiger charge is 2.25. The van der Waals surface area contributed by atoms with Crippen LogP contribution >= 0.6 is 11.3 Å². The van der Waals surface area contributed by atoms with Gasteiger partial charge in [-0.05, 0) is 26.7 Å². The largest absolute Gasteiger partial charge is 0.393 e. The zero-order valence-electron chi connectivity index (χ0n) is 13.8. The zero-order chi connectivity index (χ0) is 16.1. The van der Waals surface area contributed by atoms with E-state index in [-0.39, 0.29) is 18.1 Å². The number of carbonyl (C=O) groups excluding carboxylic acids is 1. The molecule has 2 rings (SSSR count). The first kappa shape index (κ1) is 17.2. The van der Waals surface area contributed by atoms with Crippen LogP contribution in [0.1, 0.15) is 41.3 Å². The van der Waals surface area contributed by atoms with Crippen molar-refractivity contribution >= 4 is 17.4 Å². The van der Waals surface area contributed by atoms with Gasteiger partial charge < -0.3 is 15.3 Å². The molecule has 22 heavy (non-hydrogen) atoms. The smallest absolute Gasteiger partial charge is 0.317 e. The summed E-state index contributed by atoms with van der Waals surface area (Å²) in [4.78, 5) is 19.5. The average molecular weight is 325 g/mol. The molecule has 124 valence electrons. The lowest BCUT2D eigenvalue weighted by atomic mass is 9.86. The van der Waals surface area contributed by atoms with Crippen LogP contribution in [0.3, 0.4) is 0 Å². The number of hydrogen-bond acceptors (Lipinski definition) is 4. The molecule has 2 atom stereocenters. The summed E-state index contributed by atoms with van der Waals surface area (Å²) in [5.74, 6) is 0.218. The molecule has 1 saturated carbocycles. The number of aryl methyl sites for hydroxylation is 2. The zero-order valence-corrected chi connectivity index (χ0v) is 14.6. The highest BCUT2D eigenvalue weighted by atomic mass is 32.1. The maximum absolute atomic E-state index is 12.1. The van der Waals surface area contributed by atoms with Crippen LogP contribution in [-0.2, 0) is 6.42 Å². The minimum Gasteiger partial charge on any atom is -0.393 e. The van der Waals surface area contributed by atoms with Gasteiger partial charge in [0, 0.05) is 37.4 Å². The number of carbonyl (C=O) groups is 1. The molecule has 0 aliphatic heterocycles. The second-order valence-corrected chi connectivity index (χ2v) is 7.50. The summed E-state index contributed by atoms with van der Waals surface area (Å²) >= 11 is 1.69. The first-order valence-electron chi connectivity index (χ1n) is 8.07. The predicted molar refractivity (Wildman–Crippen MR) is 89.3 cm³/mol. The Bertz CT molecular complexity index is 504. The van der Waals surface area contributed by atoms with Gasteiger partial charge in [0.1, 0.15) is 0 Å². The molecule has 1 heterocycles. The Labute approximate surface area is 136 Å². The minimum atomic E-state index is -0.258. The molecule has 0 unspecified atom stereocenters. The van der Waals surface area contributed by atoms with E-state index in [9.17, 15) is 9.90 Å². The van der Waals surface area contributed by atoms with Gasteiger partial charge >= 0.3 is 6.03 Å². The number of amides is 2. The van der Waals surface area contributed by atoms with Crippen LogP contribution in [0.2, 0.25) is 0 Å². The molecule has 0 aromatic carbocycles. The summed E-state index contributed by atoms with van der Waals surface area (Å²) in [7, 11) is 1.80. The van der Waals surface area contributed by atoms with Crippen LogP contribution in [0.25, 0.3) is 0 Å². The Hall–Kier alpha value is -1.14. The quantitative estimate of drug-likeness (QED) is 0.874. The number of aromatic nitrogens is 1. The number of aliphatic hydroxyl groups excluding tert-OH is 1. The van der Waals surface area contributed by atoms with Gasteiger partial charge in [0.25, 0.3) is 0 Å². The lowest BCUT2D eigenvalue weighted by molar-refractivity contribution is 0.0565. The van der Waals surface area contributed by atoms with Crippen molar-refractivity contribution in [2.75, 3.05) is 20.1 Å². The molecule has 1 aromatic heterocycles. The molecule has 0 saturated heterocycles. The van der Waals surface area contributed by atoms with Crippen LogP contribution in [0.4, 0.5) is 4.79 Å². The summed E-state index contributed by atoms with van der Waals surface area (Å²) in [5.41, 5.74) is 1.07. The van der Waals surface area contributed by atoms with Gasteiger partial charge in [-0.25, -0.2) is 9.78 Å². The minimum absolute atomic E-state index is 0.0586. The second-order valence-electron chi connectivity index (χ2n) is 6.22. The fourth-order valence-corrected chi connectivity index (χ4v) is 4.00. The molecular formula is C16H27N3O2S.